The highest BCUT2D eigenvalue weighted by Gasteiger charge is 2.24. The summed E-state index contributed by atoms with van der Waals surface area (Å²) >= 11 is 0. The van der Waals surface area contributed by atoms with Gasteiger partial charge in [-0.3, -0.25) is 4.79 Å². The second kappa shape index (κ2) is 5.95. The first-order valence-electron chi connectivity index (χ1n) is 7.45. The van der Waals surface area contributed by atoms with Crippen LogP contribution in [0.1, 0.15) is 54.8 Å². The number of rotatable bonds is 4. The highest BCUT2D eigenvalue weighted by atomic mass is 16.5. The Morgan fingerprint density at radius 2 is 1.82 bits per heavy atom. The molecule has 0 amide bonds. The molecule has 1 unspecified atom stereocenters. The Morgan fingerprint density at radius 3 is 2.23 bits per heavy atom. The first-order valence-corrected chi connectivity index (χ1v) is 7.45. The van der Waals surface area contributed by atoms with Gasteiger partial charge in [0.15, 0.2) is 0 Å². The van der Waals surface area contributed by atoms with Crippen molar-refractivity contribution in [3.05, 3.63) is 52.4 Å². The number of aliphatic carboxylic acids is 1. The fraction of sp³-hybridized carbons (Fsp3) is 0.444. The summed E-state index contributed by atoms with van der Waals surface area (Å²) in [5.74, 6) is -0.732. The van der Waals surface area contributed by atoms with E-state index in [2.05, 4.69) is 25.9 Å². The van der Waals surface area contributed by atoms with E-state index in [4.69, 9.17) is 4.52 Å². The van der Waals surface area contributed by atoms with Crippen LogP contribution in [0.3, 0.4) is 0 Å². The Kier molecular flexibility index (Phi) is 4.40. The van der Waals surface area contributed by atoms with Crippen molar-refractivity contribution in [2.75, 3.05) is 0 Å². The predicted octanol–water partition coefficient (Wildman–Crippen LogP) is 4.00. The molecule has 4 nitrogen and oxygen atoms in total. The highest BCUT2D eigenvalue weighted by Crippen LogP contribution is 2.28. The van der Waals surface area contributed by atoms with E-state index in [0.717, 1.165) is 16.8 Å². The van der Waals surface area contributed by atoms with Crippen molar-refractivity contribution in [1.82, 2.24) is 5.16 Å². The average molecular weight is 301 g/mol. The van der Waals surface area contributed by atoms with Gasteiger partial charge < -0.3 is 9.63 Å². The molecule has 118 valence electrons. The van der Waals surface area contributed by atoms with Crippen LogP contribution in [0.5, 0.6) is 0 Å². The van der Waals surface area contributed by atoms with Gasteiger partial charge in [-0.25, -0.2) is 0 Å². The van der Waals surface area contributed by atoms with Gasteiger partial charge >= 0.3 is 5.97 Å². The van der Waals surface area contributed by atoms with Crippen molar-refractivity contribution in [1.29, 1.82) is 0 Å². The first-order chi connectivity index (χ1) is 10.2. The topological polar surface area (TPSA) is 63.3 Å². The average Bonchev–Trinajstić information content (AvgIpc) is 2.74. The monoisotopic (exact) mass is 301 g/mol. The smallest absolute Gasteiger partial charge is 0.311 e. The maximum Gasteiger partial charge on any atom is 0.311 e. The third-order valence-electron chi connectivity index (χ3n) is 4.07. The summed E-state index contributed by atoms with van der Waals surface area (Å²) in [6, 6.07) is 7.85. The van der Waals surface area contributed by atoms with E-state index in [1.165, 1.54) is 5.56 Å². The van der Waals surface area contributed by atoms with Gasteiger partial charge in [-0.15, -0.1) is 0 Å². The first kappa shape index (κ1) is 16.3. The Hall–Kier alpha value is -2.10. The van der Waals surface area contributed by atoms with Gasteiger partial charge in [0.05, 0.1) is 11.6 Å². The molecule has 1 aromatic heterocycles. The summed E-state index contributed by atoms with van der Waals surface area (Å²) in [4.78, 5) is 11.7. The Balaban J connectivity index is 2.31. The molecule has 0 spiro atoms. The normalized spacial score (nSPS) is 13.1. The number of carboxylic acids is 1. The van der Waals surface area contributed by atoms with Gasteiger partial charge in [0, 0.05) is 5.56 Å². The minimum Gasteiger partial charge on any atom is -0.481 e. The van der Waals surface area contributed by atoms with E-state index in [-0.39, 0.29) is 5.41 Å². The molecule has 1 heterocycles. The quantitative estimate of drug-likeness (QED) is 0.927. The van der Waals surface area contributed by atoms with Crippen LogP contribution >= 0.6 is 0 Å². The van der Waals surface area contributed by atoms with Crippen LogP contribution < -0.4 is 0 Å². The number of aromatic nitrogens is 1. The molecule has 0 saturated heterocycles. The molecule has 22 heavy (non-hydrogen) atoms. The minimum atomic E-state index is -0.830. The maximum absolute atomic E-state index is 11.7. The summed E-state index contributed by atoms with van der Waals surface area (Å²) in [5.41, 5.74) is 3.69. The summed E-state index contributed by atoms with van der Waals surface area (Å²) < 4.78 is 5.13. The largest absolute Gasteiger partial charge is 0.481 e. The summed E-state index contributed by atoms with van der Waals surface area (Å²) in [6.45, 7) is 10.1. The Labute approximate surface area is 131 Å². The molecule has 0 saturated carbocycles. The van der Waals surface area contributed by atoms with Crippen LogP contribution in [-0.2, 0) is 16.6 Å². The zero-order valence-corrected chi connectivity index (χ0v) is 13.8. The van der Waals surface area contributed by atoms with Crippen LogP contribution in [0, 0.1) is 13.8 Å². The van der Waals surface area contributed by atoms with Crippen LogP contribution in [0.2, 0.25) is 0 Å². The molecule has 1 atom stereocenters. The van der Waals surface area contributed by atoms with Crippen LogP contribution in [0.15, 0.2) is 28.8 Å². The van der Waals surface area contributed by atoms with E-state index < -0.39 is 11.9 Å². The van der Waals surface area contributed by atoms with Crippen molar-refractivity contribution in [3.63, 3.8) is 0 Å². The molecular weight excluding hydrogens is 278 g/mol. The van der Waals surface area contributed by atoms with Gasteiger partial charge in [-0.2, -0.15) is 0 Å². The molecule has 0 radical (unpaired) electrons. The lowest BCUT2D eigenvalue weighted by molar-refractivity contribution is -0.138. The number of nitrogens with zero attached hydrogens (tertiary/aromatic N) is 1. The van der Waals surface area contributed by atoms with E-state index in [1.807, 2.05) is 38.1 Å². The van der Waals surface area contributed by atoms with Gasteiger partial charge in [0.2, 0.25) is 0 Å². The van der Waals surface area contributed by atoms with Gasteiger partial charge in [0.25, 0.3) is 0 Å². The fourth-order valence-corrected chi connectivity index (χ4v) is 2.56. The standard InChI is InChI=1S/C18H23NO3/c1-11-15(12(2)22-19-11)10-16(17(20)21)13-6-8-14(9-7-13)18(3,4)5/h6-9,16H,10H2,1-5H3,(H,20,21). The summed E-state index contributed by atoms with van der Waals surface area (Å²) in [6.07, 6.45) is 0.394. The third-order valence-corrected chi connectivity index (χ3v) is 4.07. The van der Waals surface area contributed by atoms with Gasteiger partial charge in [0.1, 0.15) is 5.76 Å². The van der Waals surface area contributed by atoms with Crippen LogP contribution in [0.4, 0.5) is 0 Å². The zero-order valence-electron chi connectivity index (χ0n) is 13.8. The second-order valence-corrected chi connectivity index (χ2v) is 6.77. The highest BCUT2D eigenvalue weighted by molar-refractivity contribution is 5.76. The molecule has 0 aliphatic rings. The molecule has 0 aliphatic carbocycles. The van der Waals surface area contributed by atoms with Crippen molar-refractivity contribution >= 4 is 5.97 Å². The number of aryl methyl sites for hydroxylation is 2. The van der Waals surface area contributed by atoms with Crippen molar-refractivity contribution in [3.8, 4) is 0 Å². The summed E-state index contributed by atoms with van der Waals surface area (Å²) in [7, 11) is 0. The zero-order chi connectivity index (χ0) is 16.5. The second-order valence-electron chi connectivity index (χ2n) is 6.77. The molecular formula is C18H23NO3. The van der Waals surface area contributed by atoms with Gasteiger partial charge in [-0.1, -0.05) is 50.2 Å². The number of carboxylic acid groups (broad SMARTS) is 1. The van der Waals surface area contributed by atoms with E-state index in [0.29, 0.717) is 12.2 Å². The SMILES string of the molecule is Cc1noc(C)c1CC(C(=O)O)c1ccc(C(C)(C)C)cc1. The minimum absolute atomic E-state index is 0.0545. The lowest BCUT2D eigenvalue weighted by atomic mass is 9.84. The molecule has 2 aromatic rings. The third kappa shape index (κ3) is 3.38. The molecule has 4 heteroatoms. The van der Waals surface area contributed by atoms with E-state index in [1.54, 1.807) is 0 Å². The Morgan fingerprint density at radius 1 is 1.23 bits per heavy atom. The van der Waals surface area contributed by atoms with E-state index >= 15 is 0 Å². The van der Waals surface area contributed by atoms with Gasteiger partial charge in [-0.05, 0) is 36.8 Å². The number of hydrogen-bond donors (Lipinski definition) is 1. The van der Waals surface area contributed by atoms with Crippen molar-refractivity contribution < 1.29 is 14.4 Å². The molecule has 1 aromatic carbocycles. The van der Waals surface area contributed by atoms with Crippen molar-refractivity contribution in [2.45, 2.75) is 52.4 Å². The van der Waals surface area contributed by atoms with E-state index in [9.17, 15) is 9.90 Å². The lowest BCUT2D eigenvalue weighted by Crippen LogP contribution is -2.16. The van der Waals surface area contributed by atoms with Crippen LogP contribution in [0.25, 0.3) is 0 Å². The lowest BCUT2D eigenvalue weighted by Gasteiger charge is -2.20. The summed E-state index contributed by atoms with van der Waals surface area (Å²) in [5, 5.41) is 13.5. The predicted molar refractivity (Wildman–Crippen MR) is 85.2 cm³/mol. The molecule has 0 aliphatic heterocycles. The van der Waals surface area contributed by atoms with Crippen molar-refractivity contribution in [2.24, 2.45) is 0 Å². The molecule has 1 N–H and O–H groups in total. The number of benzene rings is 1. The fourth-order valence-electron chi connectivity index (χ4n) is 2.56. The van der Waals surface area contributed by atoms with Crippen LogP contribution in [-0.4, -0.2) is 16.2 Å². The number of hydrogen-bond acceptors (Lipinski definition) is 3. The molecule has 0 fully saturated rings. The molecule has 0 bridgehead atoms. The maximum atomic E-state index is 11.7. The number of carbonyl (C=O) groups is 1. The Bertz CT molecular complexity index is 643. The molecule has 2 rings (SSSR count).